The molecule has 0 saturated heterocycles. The number of rotatable bonds is 4. The second-order valence-electron chi connectivity index (χ2n) is 6.28. The van der Waals surface area contributed by atoms with Crippen LogP contribution in [0.4, 0.5) is 0 Å². The molecule has 0 aliphatic heterocycles. The molecule has 6 nitrogen and oxygen atoms in total. The van der Waals surface area contributed by atoms with E-state index in [9.17, 15) is 4.79 Å². The summed E-state index contributed by atoms with van der Waals surface area (Å²) in [5, 5.41) is 3.61. The average molecular weight is 389 g/mol. The van der Waals surface area contributed by atoms with Gasteiger partial charge >= 0.3 is 6.01 Å². The number of nitrogens with zero attached hydrogens (tertiary/aromatic N) is 3. The Hall–Kier alpha value is -2.25. The van der Waals surface area contributed by atoms with E-state index in [2.05, 4.69) is 20.3 Å². The van der Waals surface area contributed by atoms with Crippen molar-refractivity contribution in [2.24, 2.45) is 0 Å². The quantitative estimate of drug-likeness (QED) is 0.734. The average Bonchev–Trinajstić information content (AvgIpc) is 3.13. The molecule has 1 N–H and O–H groups in total. The molecule has 3 aromatic rings. The van der Waals surface area contributed by atoms with Gasteiger partial charge < -0.3 is 10.1 Å². The molecule has 2 heterocycles. The van der Waals surface area contributed by atoms with E-state index in [1.807, 2.05) is 18.2 Å². The van der Waals surface area contributed by atoms with Gasteiger partial charge in [-0.2, -0.15) is 0 Å². The maximum atomic E-state index is 12.5. The minimum absolute atomic E-state index is 0.0364. The zero-order valence-electron chi connectivity index (χ0n) is 13.9. The van der Waals surface area contributed by atoms with E-state index in [1.165, 1.54) is 23.7 Å². The predicted octanol–water partition coefficient (Wildman–Crippen LogP) is 3.86. The van der Waals surface area contributed by atoms with E-state index in [0.717, 1.165) is 35.9 Å². The summed E-state index contributed by atoms with van der Waals surface area (Å²) in [5.74, 6) is -0.0364. The van der Waals surface area contributed by atoms with Crippen molar-refractivity contribution in [1.29, 1.82) is 0 Å². The molecule has 1 amide bonds. The molecule has 1 fully saturated rings. The Morgan fingerprint density at radius 1 is 1.15 bits per heavy atom. The van der Waals surface area contributed by atoms with E-state index in [4.69, 9.17) is 16.3 Å². The standard InChI is InChI=1S/C18H17ClN4O2S/c19-12-8-20-18(21-9-12)25-14-4-2-13(3-5-14)23-17(24)11-1-6-15-16(7-11)26-10-22-15/h1,6-10,13-14H,2-5H2,(H,23,24). The fraction of sp³-hybridized carbons (Fsp3) is 0.333. The van der Waals surface area contributed by atoms with Crippen LogP contribution in [0.25, 0.3) is 10.2 Å². The van der Waals surface area contributed by atoms with Crippen molar-refractivity contribution in [2.45, 2.75) is 37.8 Å². The largest absolute Gasteiger partial charge is 0.460 e. The van der Waals surface area contributed by atoms with Crippen molar-refractivity contribution in [3.8, 4) is 6.01 Å². The first-order valence-corrected chi connectivity index (χ1v) is 9.71. The van der Waals surface area contributed by atoms with Gasteiger partial charge in [-0.1, -0.05) is 11.6 Å². The van der Waals surface area contributed by atoms with Crippen molar-refractivity contribution in [1.82, 2.24) is 20.3 Å². The van der Waals surface area contributed by atoms with Crippen LogP contribution in [-0.4, -0.2) is 33.0 Å². The summed E-state index contributed by atoms with van der Waals surface area (Å²) in [6.45, 7) is 0. The van der Waals surface area contributed by atoms with Gasteiger partial charge in [-0.3, -0.25) is 4.79 Å². The van der Waals surface area contributed by atoms with Gasteiger partial charge in [0.15, 0.2) is 0 Å². The number of carbonyl (C=O) groups excluding carboxylic acids is 1. The van der Waals surface area contributed by atoms with Crippen LogP contribution < -0.4 is 10.1 Å². The Bertz CT molecular complexity index is 907. The minimum Gasteiger partial charge on any atom is -0.460 e. The third-order valence-electron chi connectivity index (χ3n) is 4.47. The fourth-order valence-electron chi connectivity index (χ4n) is 3.10. The number of halogens is 1. The lowest BCUT2D eigenvalue weighted by atomic mass is 9.92. The normalized spacial score (nSPS) is 20.0. The Morgan fingerprint density at radius 2 is 1.92 bits per heavy atom. The fourth-order valence-corrected chi connectivity index (χ4v) is 3.91. The van der Waals surface area contributed by atoms with Crippen molar-refractivity contribution >= 4 is 39.1 Å². The molecule has 8 heteroatoms. The van der Waals surface area contributed by atoms with Crippen molar-refractivity contribution in [3.63, 3.8) is 0 Å². The third kappa shape index (κ3) is 3.94. The van der Waals surface area contributed by atoms with Gasteiger partial charge in [0.25, 0.3) is 5.91 Å². The number of nitrogens with one attached hydrogen (secondary N) is 1. The molecule has 1 aliphatic rings. The van der Waals surface area contributed by atoms with E-state index in [1.54, 1.807) is 5.51 Å². The molecular formula is C18H17ClN4O2S. The van der Waals surface area contributed by atoms with Crippen LogP contribution >= 0.6 is 22.9 Å². The lowest BCUT2D eigenvalue weighted by Crippen LogP contribution is -2.39. The molecule has 4 rings (SSSR count). The molecular weight excluding hydrogens is 372 g/mol. The van der Waals surface area contributed by atoms with E-state index >= 15 is 0 Å². The van der Waals surface area contributed by atoms with Crippen molar-refractivity contribution in [3.05, 3.63) is 46.7 Å². The molecule has 0 atom stereocenters. The molecule has 0 radical (unpaired) electrons. The number of hydrogen-bond acceptors (Lipinski definition) is 6. The van der Waals surface area contributed by atoms with Gasteiger partial charge in [0, 0.05) is 11.6 Å². The maximum absolute atomic E-state index is 12.5. The second kappa shape index (κ2) is 7.55. The number of fused-ring (bicyclic) bond motifs is 1. The van der Waals surface area contributed by atoms with Gasteiger partial charge in [0.2, 0.25) is 0 Å². The molecule has 1 saturated carbocycles. The minimum atomic E-state index is -0.0364. The Balaban J connectivity index is 1.30. The van der Waals surface area contributed by atoms with Gasteiger partial charge in [-0.25, -0.2) is 15.0 Å². The smallest absolute Gasteiger partial charge is 0.316 e. The predicted molar refractivity (Wildman–Crippen MR) is 101 cm³/mol. The number of benzene rings is 1. The summed E-state index contributed by atoms with van der Waals surface area (Å²) in [5.41, 5.74) is 3.39. The van der Waals surface area contributed by atoms with E-state index in [-0.39, 0.29) is 18.1 Å². The Morgan fingerprint density at radius 3 is 2.69 bits per heavy atom. The van der Waals surface area contributed by atoms with Crippen LogP contribution in [0.1, 0.15) is 36.0 Å². The number of aromatic nitrogens is 3. The number of thiazole rings is 1. The monoisotopic (exact) mass is 388 g/mol. The van der Waals surface area contributed by atoms with Crippen LogP contribution in [0.5, 0.6) is 6.01 Å². The molecule has 2 aromatic heterocycles. The topological polar surface area (TPSA) is 77.0 Å². The van der Waals surface area contributed by atoms with Gasteiger partial charge in [-0.05, 0) is 43.9 Å². The van der Waals surface area contributed by atoms with Gasteiger partial charge in [0.1, 0.15) is 6.10 Å². The highest BCUT2D eigenvalue weighted by atomic mass is 35.5. The second-order valence-corrected chi connectivity index (χ2v) is 7.61. The summed E-state index contributed by atoms with van der Waals surface area (Å²) >= 11 is 7.31. The molecule has 26 heavy (non-hydrogen) atoms. The highest BCUT2D eigenvalue weighted by Gasteiger charge is 2.24. The van der Waals surface area contributed by atoms with Gasteiger partial charge in [0.05, 0.1) is 33.1 Å². The molecule has 0 bridgehead atoms. The first-order chi connectivity index (χ1) is 12.7. The van der Waals surface area contributed by atoms with Crippen molar-refractivity contribution < 1.29 is 9.53 Å². The van der Waals surface area contributed by atoms with E-state index in [0.29, 0.717) is 16.6 Å². The number of ether oxygens (including phenoxy) is 1. The van der Waals surface area contributed by atoms with Crippen molar-refractivity contribution in [2.75, 3.05) is 0 Å². The van der Waals surface area contributed by atoms with Gasteiger partial charge in [-0.15, -0.1) is 11.3 Å². The third-order valence-corrected chi connectivity index (χ3v) is 5.46. The zero-order chi connectivity index (χ0) is 17.9. The zero-order valence-corrected chi connectivity index (χ0v) is 15.5. The van der Waals surface area contributed by atoms with Crippen LogP contribution in [-0.2, 0) is 0 Å². The summed E-state index contributed by atoms with van der Waals surface area (Å²) in [4.78, 5) is 24.9. The van der Waals surface area contributed by atoms with Crippen LogP contribution in [0, 0.1) is 0 Å². The SMILES string of the molecule is O=C(NC1CCC(Oc2ncc(Cl)cn2)CC1)c1ccc2ncsc2c1. The molecule has 134 valence electrons. The number of hydrogen-bond donors (Lipinski definition) is 1. The maximum Gasteiger partial charge on any atom is 0.316 e. The summed E-state index contributed by atoms with van der Waals surface area (Å²) < 4.78 is 6.81. The van der Waals surface area contributed by atoms with Crippen LogP contribution in [0.2, 0.25) is 5.02 Å². The molecule has 1 aliphatic carbocycles. The van der Waals surface area contributed by atoms with E-state index < -0.39 is 0 Å². The highest BCUT2D eigenvalue weighted by Crippen LogP contribution is 2.23. The number of carbonyl (C=O) groups is 1. The Kier molecular flexibility index (Phi) is 4.99. The summed E-state index contributed by atoms with van der Waals surface area (Å²) in [6, 6.07) is 6.11. The van der Waals surface area contributed by atoms with Crippen LogP contribution in [0.3, 0.4) is 0 Å². The van der Waals surface area contributed by atoms with Crippen LogP contribution in [0.15, 0.2) is 36.1 Å². The highest BCUT2D eigenvalue weighted by molar-refractivity contribution is 7.16. The summed E-state index contributed by atoms with van der Waals surface area (Å²) in [7, 11) is 0. The Labute approximate surface area is 159 Å². The number of amides is 1. The lowest BCUT2D eigenvalue weighted by Gasteiger charge is -2.28. The molecule has 0 spiro atoms. The lowest BCUT2D eigenvalue weighted by molar-refractivity contribution is 0.0885. The first-order valence-electron chi connectivity index (χ1n) is 8.46. The molecule has 1 aromatic carbocycles. The summed E-state index contributed by atoms with van der Waals surface area (Å²) in [6.07, 6.45) is 6.55. The first kappa shape index (κ1) is 17.2. The molecule has 0 unspecified atom stereocenters.